The Morgan fingerprint density at radius 3 is 0.755 bits per heavy atom. The molecule has 21 aromatic rings. The molecule has 0 bridgehead atoms. The maximum Gasteiger partial charge on any atom is 0.238 e. The lowest BCUT2D eigenvalue weighted by molar-refractivity contribution is 0.953. The van der Waals surface area contributed by atoms with Crippen LogP contribution in [0.1, 0.15) is 0 Å². The van der Waals surface area contributed by atoms with Gasteiger partial charge in [-0.15, -0.1) is 0 Å². The first-order valence-electron chi connectivity index (χ1n) is 35.7. The number of aromatic nitrogens is 10. The summed E-state index contributed by atoms with van der Waals surface area (Å²) in [6.07, 6.45) is 0. The first kappa shape index (κ1) is 60.3. The predicted octanol–water partition coefficient (Wildman–Crippen LogP) is 23.8. The maximum atomic E-state index is 5.46. The summed E-state index contributed by atoms with van der Waals surface area (Å²) < 4.78 is 9.32. The van der Waals surface area contributed by atoms with Crippen molar-refractivity contribution in [2.45, 2.75) is 0 Å². The number of rotatable bonds is 12. The number of hydrogen-bond donors (Lipinski definition) is 0. The van der Waals surface area contributed by atoms with E-state index in [2.05, 4.69) is 303 Å². The van der Waals surface area contributed by atoms with Crippen molar-refractivity contribution < 1.29 is 0 Å². The summed E-state index contributed by atoms with van der Waals surface area (Å²) >= 11 is 0. The van der Waals surface area contributed by atoms with Gasteiger partial charge in [-0.05, 0) is 167 Å². The molecule has 0 fully saturated rings. The van der Waals surface area contributed by atoms with Crippen LogP contribution in [0.4, 0.5) is 0 Å². The summed E-state index contributed by atoms with van der Waals surface area (Å²) in [4.78, 5) is 31.1. The number of fused-ring (bicyclic) bond motifs is 12. The fourth-order valence-corrected chi connectivity index (χ4v) is 15.9. The van der Waals surface area contributed by atoms with Gasteiger partial charge in [-0.25, -0.2) is 19.9 Å². The second-order valence-electron chi connectivity index (χ2n) is 27.0. The third-order valence-electron chi connectivity index (χ3n) is 20.9. The highest BCUT2D eigenvalue weighted by Gasteiger charge is 2.23. The molecule has 0 atom stereocenters. The molecule has 0 N–H and O–H groups in total. The second kappa shape index (κ2) is 24.7. The van der Waals surface area contributed by atoms with Crippen LogP contribution in [-0.4, -0.2) is 48.2 Å². The van der Waals surface area contributed by atoms with Crippen LogP contribution in [0.5, 0.6) is 0 Å². The minimum Gasteiger partial charge on any atom is -0.309 e. The Bertz CT molecular complexity index is 6980. The number of para-hydroxylation sites is 5. The third kappa shape index (κ3) is 10.1. The Labute approximate surface area is 609 Å². The highest BCUT2D eigenvalue weighted by Crippen LogP contribution is 2.43. The van der Waals surface area contributed by atoms with E-state index >= 15 is 0 Å². The summed E-state index contributed by atoms with van der Waals surface area (Å²) in [5, 5.41) is 9.30. The van der Waals surface area contributed by atoms with E-state index in [9.17, 15) is 0 Å². The smallest absolute Gasteiger partial charge is 0.238 e. The quantitative estimate of drug-likeness (QED) is 0.121. The lowest BCUT2D eigenvalue weighted by Gasteiger charge is -2.12. The summed E-state index contributed by atoms with van der Waals surface area (Å²) in [5.74, 6) is 3.59. The van der Waals surface area contributed by atoms with E-state index in [1.54, 1.807) is 0 Å². The SMILES string of the molecule is c1ccc(-c2nc(-c3ccccc3)nc(-c3ccc(-n4c5ccccc5c5cc(-c6ccc7c(c6)c6cc(-c8cccc(-c9nc(-c%10ccccc%10)nc(-n%10c%11ccccc%11c%11cc(-c%12ccc%13c(c%12)c%12ccccc%12n%13-c%12ccccc%12)ccc%11%10)n9)c8)ccc6n7-c6ccccc6)ccc54)cc3)n2)cc1. The monoisotopic (exact) mass is 1350 g/mol. The van der Waals surface area contributed by atoms with E-state index < -0.39 is 0 Å². The molecule has 0 saturated heterocycles. The first-order chi connectivity index (χ1) is 52.5. The van der Waals surface area contributed by atoms with Crippen LogP contribution in [0, 0.1) is 0 Å². The molecule has 0 aliphatic rings. The van der Waals surface area contributed by atoms with Crippen LogP contribution in [0.25, 0.3) is 201 Å². The van der Waals surface area contributed by atoms with Crippen LogP contribution >= 0.6 is 0 Å². The van der Waals surface area contributed by atoms with E-state index in [0.717, 1.165) is 133 Å². The maximum absolute atomic E-state index is 5.46. The van der Waals surface area contributed by atoms with Gasteiger partial charge in [-0.2, -0.15) is 9.97 Å². The molecule has 10 nitrogen and oxygen atoms in total. The Morgan fingerprint density at radius 2 is 0.377 bits per heavy atom. The van der Waals surface area contributed by atoms with Crippen molar-refractivity contribution in [3.05, 3.63) is 364 Å². The minimum atomic E-state index is 0.540. The molecule has 15 aromatic carbocycles. The zero-order valence-electron chi connectivity index (χ0n) is 57.1. The van der Waals surface area contributed by atoms with Gasteiger partial charge in [-0.3, -0.25) is 4.57 Å². The van der Waals surface area contributed by atoms with Crippen LogP contribution in [0.2, 0.25) is 0 Å². The zero-order chi connectivity index (χ0) is 69.8. The van der Waals surface area contributed by atoms with E-state index in [1.165, 1.54) is 32.6 Å². The molecular formula is C96H60N10. The predicted molar refractivity (Wildman–Crippen MR) is 434 cm³/mol. The Kier molecular flexibility index (Phi) is 14.0. The van der Waals surface area contributed by atoms with Crippen molar-refractivity contribution in [2.75, 3.05) is 0 Å². The molecule has 0 amide bonds. The average molecular weight is 1350 g/mol. The highest BCUT2D eigenvalue weighted by atomic mass is 15.2. The van der Waals surface area contributed by atoms with Crippen LogP contribution in [0.3, 0.4) is 0 Å². The van der Waals surface area contributed by atoms with Gasteiger partial charge in [0.05, 0.1) is 44.1 Å². The number of hydrogen-bond acceptors (Lipinski definition) is 6. The van der Waals surface area contributed by atoms with E-state index in [-0.39, 0.29) is 0 Å². The van der Waals surface area contributed by atoms with Gasteiger partial charge in [0, 0.05) is 88.0 Å². The molecule has 21 rings (SSSR count). The van der Waals surface area contributed by atoms with Gasteiger partial charge in [0.2, 0.25) is 5.95 Å². The third-order valence-corrected chi connectivity index (χ3v) is 20.9. The Hall–Kier alpha value is -14.5. The summed E-state index contributed by atoms with van der Waals surface area (Å²) in [5.41, 5.74) is 23.3. The largest absolute Gasteiger partial charge is 0.309 e. The van der Waals surface area contributed by atoms with Crippen LogP contribution in [-0.2, 0) is 0 Å². The van der Waals surface area contributed by atoms with Gasteiger partial charge >= 0.3 is 0 Å². The van der Waals surface area contributed by atoms with E-state index in [0.29, 0.717) is 35.1 Å². The second-order valence-corrected chi connectivity index (χ2v) is 27.0. The van der Waals surface area contributed by atoms with Crippen molar-refractivity contribution in [1.82, 2.24) is 48.2 Å². The van der Waals surface area contributed by atoms with Gasteiger partial charge in [0.25, 0.3) is 0 Å². The molecule has 494 valence electrons. The number of benzene rings is 15. The topological polar surface area (TPSA) is 97.1 Å². The van der Waals surface area contributed by atoms with Crippen molar-refractivity contribution in [1.29, 1.82) is 0 Å². The van der Waals surface area contributed by atoms with Gasteiger partial charge in [0.1, 0.15) is 0 Å². The highest BCUT2D eigenvalue weighted by molar-refractivity contribution is 6.15. The molecule has 0 saturated carbocycles. The molecule has 0 radical (unpaired) electrons. The lowest BCUT2D eigenvalue weighted by atomic mass is 9.98. The fourth-order valence-electron chi connectivity index (χ4n) is 15.9. The molecule has 0 spiro atoms. The molecule has 0 aliphatic carbocycles. The van der Waals surface area contributed by atoms with Crippen molar-refractivity contribution in [3.63, 3.8) is 0 Å². The molecule has 10 heteroatoms. The van der Waals surface area contributed by atoms with E-state index in [1.807, 2.05) is 78.9 Å². The molecule has 106 heavy (non-hydrogen) atoms. The molecule has 6 heterocycles. The normalized spacial score (nSPS) is 11.8. The molecule has 6 aromatic heterocycles. The average Bonchev–Trinajstić information content (AvgIpc) is 1.59. The molecule has 0 aliphatic heterocycles. The van der Waals surface area contributed by atoms with Crippen molar-refractivity contribution in [2.24, 2.45) is 0 Å². The lowest BCUT2D eigenvalue weighted by Crippen LogP contribution is -2.06. The van der Waals surface area contributed by atoms with Gasteiger partial charge in [0.15, 0.2) is 29.1 Å². The summed E-state index contributed by atoms with van der Waals surface area (Å²) in [7, 11) is 0. The first-order valence-corrected chi connectivity index (χ1v) is 35.7. The van der Waals surface area contributed by atoms with E-state index in [4.69, 9.17) is 29.9 Å². The Balaban J connectivity index is 0.648. The minimum absolute atomic E-state index is 0.540. The summed E-state index contributed by atoms with van der Waals surface area (Å²) in [6.45, 7) is 0. The zero-order valence-corrected chi connectivity index (χ0v) is 57.1. The fraction of sp³-hybridized carbons (Fsp3) is 0. The molecule has 0 unspecified atom stereocenters. The Morgan fingerprint density at radius 1 is 0.142 bits per heavy atom. The van der Waals surface area contributed by atoms with Crippen molar-refractivity contribution >= 4 is 87.2 Å². The van der Waals surface area contributed by atoms with Crippen LogP contribution < -0.4 is 0 Å². The van der Waals surface area contributed by atoms with Gasteiger partial charge in [-0.1, -0.05) is 231 Å². The summed E-state index contributed by atoms with van der Waals surface area (Å²) in [6, 6.07) is 129. The number of nitrogens with zero attached hydrogens (tertiary/aromatic N) is 10. The molecular weight excluding hydrogens is 1290 g/mol. The van der Waals surface area contributed by atoms with Crippen LogP contribution in [0.15, 0.2) is 364 Å². The van der Waals surface area contributed by atoms with Crippen molar-refractivity contribution in [3.8, 4) is 113 Å². The van der Waals surface area contributed by atoms with Gasteiger partial charge < -0.3 is 13.7 Å². The standard InChI is InChI=1S/C96H60N10/c1-6-23-61(24-7-1)91-97-92(62-25-8-2-9-26-62)99-93(98-91)64-41-48-74(49-42-64)105-84-39-20-17-36-76(84)79-57-68(45-51-87(79)105)70-46-53-89-82(60-70)81-59-66(43-52-88(81)104(89)73-33-14-5-15-34-73)65-29-22-30-71(55-65)95-100-94(63-27-10-3-11-28-63)101-96(102-95)106-85-40-21-18-37-77(85)80-58-69(47-54-90(80)106)67-44-50-86-78(56-67)75-35-16-19-38-83(75)103(86)72-31-12-4-13-32-72/h1-60H.